The second kappa shape index (κ2) is 5.19. The van der Waals surface area contributed by atoms with Gasteiger partial charge in [0.15, 0.2) is 0 Å². The summed E-state index contributed by atoms with van der Waals surface area (Å²) in [5.41, 5.74) is 0.949. The van der Waals surface area contributed by atoms with Crippen LogP contribution in [0.15, 0.2) is 24.3 Å². The van der Waals surface area contributed by atoms with Crippen LogP contribution in [0, 0.1) is 16.7 Å². The zero-order chi connectivity index (χ0) is 13.0. The molecule has 94 valence electrons. The normalized spacial score (nSPS) is 22.4. The van der Waals surface area contributed by atoms with Gasteiger partial charge in [-0.1, -0.05) is 13.0 Å². The Hall–Kier alpha value is -1.86. The molecule has 1 aromatic carbocycles. The Morgan fingerprint density at radius 3 is 3.06 bits per heavy atom. The van der Waals surface area contributed by atoms with Crippen molar-refractivity contribution >= 4 is 11.6 Å². The Balaban J connectivity index is 2.13. The number of nitriles is 1. The monoisotopic (exact) mass is 243 g/mol. The molecule has 1 aromatic rings. The van der Waals surface area contributed by atoms with Crippen molar-refractivity contribution in [3.63, 3.8) is 0 Å². The second-order valence-electron chi connectivity index (χ2n) is 4.71. The number of carbonyl (C=O) groups excluding carboxylic acids is 1. The largest absolute Gasteiger partial charge is 0.326 e. The highest BCUT2D eigenvalue weighted by molar-refractivity contribution is 5.95. The lowest BCUT2D eigenvalue weighted by Gasteiger charge is -2.25. The molecule has 0 radical (unpaired) electrons. The van der Waals surface area contributed by atoms with Crippen LogP contribution in [-0.4, -0.2) is 19.0 Å². The molecule has 0 bridgehead atoms. The maximum Gasteiger partial charge on any atom is 0.231 e. The van der Waals surface area contributed by atoms with E-state index in [0.29, 0.717) is 11.3 Å². The van der Waals surface area contributed by atoms with E-state index in [2.05, 4.69) is 16.7 Å². The molecule has 0 spiro atoms. The Morgan fingerprint density at radius 2 is 2.44 bits per heavy atom. The number of hydrogen-bond donors (Lipinski definition) is 2. The van der Waals surface area contributed by atoms with Gasteiger partial charge in [0, 0.05) is 12.2 Å². The lowest BCUT2D eigenvalue weighted by molar-refractivity contribution is -0.124. The standard InChI is InChI=1S/C14H17N3O/c1-2-14(6-7-16-10-14)13(18)17-12-5-3-4-11(8-12)9-15/h3-5,8,16H,2,6-7,10H2,1H3,(H,17,18). The van der Waals surface area contributed by atoms with Crippen molar-refractivity contribution in [3.8, 4) is 6.07 Å². The number of benzene rings is 1. The Labute approximate surface area is 107 Å². The van der Waals surface area contributed by atoms with E-state index >= 15 is 0 Å². The second-order valence-corrected chi connectivity index (χ2v) is 4.71. The summed E-state index contributed by atoms with van der Waals surface area (Å²) < 4.78 is 0. The van der Waals surface area contributed by atoms with E-state index in [1.54, 1.807) is 18.2 Å². The fourth-order valence-corrected chi connectivity index (χ4v) is 2.33. The molecule has 4 nitrogen and oxygen atoms in total. The van der Waals surface area contributed by atoms with Crippen molar-refractivity contribution in [2.75, 3.05) is 18.4 Å². The third-order valence-corrected chi connectivity index (χ3v) is 3.65. The minimum Gasteiger partial charge on any atom is -0.326 e. The van der Waals surface area contributed by atoms with E-state index < -0.39 is 0 Å². The molecule has 0 aliphatic carbocycles. The number of nitrogens with one attached hydrogen (secondary N) is 2. The lowest BCUT2D eigenvalue weighted by Crippen LogP contribution is -2.37. The molecule has 1 aliphatic heterocycles. The Morgan fingerprint density at radius 1 is 1.61 bits per heavy atom. The summed E-state index contributed by atoms with van der Waals surface area (Å²) in [6.45, 7) is 3.66. The van der Waals surface area contributed by atoms with Crippen molar-refractivity contribution in [1.29, 1.82) is 5.26 Å². The summed E-state index contributed by atoms with van der Waals surface area (Å²) in [5, 5.41) is 15.0. The van der Waals surface area contributed by atoms with Gasteiger partial charge in [-0.25, -0.2) is 0 Å². The first-order valence-electron chi connectivity index (χ1n) is 6.22. The van der Waals surface area contributed by atoms with Crippen LogP contribution in [-0.2, 0) is 4.79 Å². The van der Waals surface area contributed by atoms with Gasteiger partial charge in [-0.3, -0.25) is 4.79 Å². The summed E-state index contributed by atoms with van der Waals surface area (Å²) in [6, 6.07) is 9.08. The van der Waals surface area contributed by atoms with Gasteiger partial charge < -0.3 is 10.6 Å². The molecule has 1 fully saturated rings. The first-order valence-corrected chi connectivity index (χ1v) is 6.22. The van der Waals surface area contributed by atoms with Crippen LogP contribution in [0.3, 0.4) is 0 Å². The van der Waals surface area contributed by atoms with Crippen LogP contribution >= 0.6 is 0 Å². The highest BCUT2D eigenvalue weighted by Gasteiger charge is 2.39. The molecule has 0 saturated carbocycles. The van der Waals surface area contributed by atoms with E-state index in [1.807, 2.05) is 13.0 Å². The summed E-state index contributed by atoms with van der Waals surface area (Å²) in [5.74, 6) is 0.0464. The molecule has 1 unspecified atom stereocenters. The number of nitrogens with zero attached hydrogens (tertiary/aromatic N) is 1. The fourth-order valence-electron chi connectivity index (χ4n) is 2.33. The van der Waals surface area contributed by atoms with Gasteiger partial charge >= 0.3 is 0 Å². The van der Waals surface area contributed by atoms with Gasteiger partial charge in [-0.05, 0) is 37.6 Å². The highest BCUT2D eigenvalue weighted by atomic mass is 16.2. The van der Waals surface area contributed by atoms with Crippen LogP contribution in [0.1, 0.15) is 25.3 Å². The molecular weight excluding hydrogens is 226 g/mol. The molecule has 2 N–H and O–H groups in total. The smallest absolute Gasteiger partial charge is 0.231 e. The first-order chi connectivity index (χ1) is 8.70. The Bertz CT molecular complexity index is 484. The number of carbonyl (C=O) groups is 1. The van der Waals surface area contributed by atoms with Crippen LogP contribution in [0.4, 0.5) is 5.69 Å². The van der Waals surface area contributed by atoms with E-state index in [9.17, 15) is 4.79 Å². The molecule has 1 amide bonds. The summed E-state index contributed by atoms with van der Waals surface area (Å²) in [4.78, 5) is 12.3. The van der Waals surface area contributed by atoms with Crippen molar-refractivity contribution < 1.29 is 4.79 Å². The Kier molecular flexibility index (Phi) is 3.63. The zero-order valence-corrected chi connectivity index (χ0v) is 10.5. The van der Waals surface area contributed by atoms with Gasteiger partial charge in [0.25, 0.3) is 0 Å². The minimum atomic E-state index is -0.303. The van der Waals surface area contributed by atoms with Gasteiger partial charge in [0.2, 0.25) is 5.91 Å². The van der Waals surface area contributed by atoms with Crippen LogP contribution in [0.25, 0.3) is 0 Å². The number of rotatable bonds is 3. The zero-order valence-electron chi connectivity index (χ0n) is 10.5. The lowest BCUT2D eigenvalue weighted by atomic mass is 9.83. The summed E-state index contributed by atoms with van der Waals surface area (Å²) in [6.07, 6.45) is 1.69. The van der Waals surface area contributed by atoms with E-state index in [1.165, 1.54) is 0 Å². The average Bonchev–Trinajstić information content (AvgIpc) is 2.89. The highest BCUT2D eigenvalue weighted by Crippen LogP contribution is 2.30. The summed E-state index contributed by atoms with van der Waals surface area (Å²) >= 11 is 0. The van der Waals surface area contributed by atoms with Crippen LogP contribution in [0.2, 0.25) is 0 Å². The first kappa shape index (κ1) is 12.6. The van der Waals surface area contributed by atoms with Crippen LogP contribution in [0.5, 0.6) is 0 Å². The quantitative estimate of drug-likeness (QED) is 0.852. The molecule has 18 heavy (non-hydrogen) atoms. The van der Waals surface area contributed by atoms with E-state index in [4.69, 9.17) is 5.26 Å². The van der Waals surface area contributed by atoms with Gasteiger partial charge in [0.05, 0.1) is 17.0 Å². The van der Waals surface area contributed by atoms with Crippen molar-refractivity contribution in [2.45, 2.75) is 19.8 Å². The third kappa shape index (κ3) is 2.36. The maximum atomic E-state index is 12.3. The van der Waals surface area contributed by atoms with E-state index in [-0.39, 0.29) is 11.3 Å². The molecule has 1 aliphatic rings. The van der Waals surface area contributed by atoms with E-state index in [0.717, 1.165) is 25.9 Å². The molecule has 1 heterocycles. The molecule has 2 rings (SSSR count). The molecule has 1 atom stereocenters. The molecule has 0 aromatic heterocycles. The maximum absolute atomic E-state index is 12.3. The van der Waals surface area contributed by atoms with Crippen molar-refractivity contribution in [2.24, 2.45) is 5.41 Å². The number of amides is 1. The van der Waals surface area contributed by atoms with Gasteiger partial charge in [-0.15, -0.1) is 0 Å². The predicted octanol–water partition coefficient (Wildman–Crippen LogP) is 1.89. The summed E-state index contributed by atoms with van der Waals surface area (Å²) in [7, 11) is 0. The van der Waals surface area contributed by atoms with Crippen LogP contribution < -0.4 is 10.6 Å². The number of anilines is 1. The average molecular weight is 243 g/mol. The number of hydrogen-bond acceptors (Lipinski definition) is 3. The third-order valence-electron chi connectivity index (χ3n) is 3.65. The van der Waals surface area contributed by atoms with Gasteiger partial charge in [-0.2, -0.15) is 5.26 Å². The fraction of sp³-hybridized carbons (Fsp3) is 0.429. The van der Waals surface area contributed by atoms with Gasteiger partial charge in [0.1, 0.15) is 0 Å². The van der Waals surface area contributed by atoms with Crippen molar-refractivity contribution in [1.82, 2.24) is 5.32 Å². The molecule has 1 saturated heterocycles. The molecular formula is C14H17N3O. The van der Waals surface area contributed by atoms with Crippen molar-refractivity contribution in [3.05, 3.63) is 29.8 Å². The minimum absolute atomic E-state index is 0.0464. The topological polar surface area (TPSA) is 64.9 Å². The molecule has 4 heteroatoms. The predicted molar refractivity (Wildman–Crippen MR) is 70.0 cm³/mol. The SMILES string of the molecule is CCC1(C(=O)Nc2cccc(C#N)c2)CCNC1.